The first-order valence-electron chi connectivity index (χ1n) is 10.2. The minimum atomic E-state index is -1.39. The van der Waals surface area contributed by atoms with E-state index >= 15 is 0 Å². The number of carbonyl (C=O) groups excluding carboxylic acids is 4. The van der Waals surface area contributed by atoms with Gasteiger partial charge in [0, 0.05) is 0 Å². The number of benzene rings is 1. The molecule has 0 aromatic heterocycles. The molecule has 0 spiro atoms. The second kappa shape index (κ2) is 13.1. The van der Waals surface area contributed by atoms with Crippen LogP contribution in [0.1, 0.15) is 32.3 Å². The van der Waals surface area contributed by atoms with Crippen molar-refractivity contribution in [3.63, 3.8) is 0 Å². The van der Waals surface area contributed by atoms with Gasteiger partial charge in [-0.05, 0) is 17.9 Å². The van der Waals surface area contributed by atoms with E-state index in [1.165, 1.54) is 0 Å². The number of hydrogen-bond acceptors (Lipinski definition) is 6. The van der Waals surface area contributed by atoms with Gasteiger partial charge in [0.25, 0.3) is 0 Å². The van der Waals surface area contributed by atoms with E-state index in [0.29, 0.717) is 6.42 Å². The van der Waals surface area contributed by atoms with Gasteiger partial charge in [-0.1, -0.05) is 50.6 Å². The van der Waals surface area contributed by atoms with Gasteiger partial charge in [0.05, 0.1) is 19.0 Å². The van der Waals surface area contributed by atoms with Crippen molar-refractivity contribution in [3.8, 4) is 0 Å². The molecule has 0 aliphatic carbocycles. The number of amides is 4. The van der Waals surface area contributed by atoms with Crippen LogP contribution in [-0.2, 0) is 30.4 Å². The number of rotatable bonds is 13. The van der Waals surface area contributed by atoms with Gasteiger partial charge in [0.2, 0.25) is 23.6 Å². The van der Waals surface area contributed by atoms with Crippen LogP contribution in [0.2, 0.25) is 0 Å². The maximum atomic E-state index is 12.5. The van der Waals surface area contributed by atoms with Crippen molar-refractivity contribution in [2.24, 2.45) is 17.4 Å². The molecule has 1 rings (SSSR count). The summed E-state index contributed by atoms with van der Waals surface area (Å²) in [7, 11) is 0. The highest BCUT2D eigenvalue weighted by Crippen LogP contribution is 2.08. The Balaban J connectivity index is 2.67. The van der Waals surface area contributed by atoms with Crippen LogP contribution < -0.4 is 27.4 Å². The molecule has 0 radical (unpaired) electrons. The second-order valence-corrected chi connectivity index (χ2v) is 7.51. The Hall–Kier alpha value is -3.47. The lowest BCUT2D eigenvalue weighted by atomic mass is 9.98. The normalized spacial score (nSPS) is 14.3. The SMILES string of the molecule is CCC(C)C(NC(=O)C(CC(N)=O)NC(=O)CNC(=O)C(N)Cc1ccccc1)C(=O)O. The minimum absolute atomic E-state index is 0.271. The number of carbonyl (C=O) groups is 5. The van der Waals surface area contributed by atoms with Crippen molar-refractivity contribution in [1.82, 2.24) is 16.0 Å². The first kappa shape index (κ1) is 26.6. The van der Waals surface area contributed by atoms with Gasteiger partial charge in [0.1, 0.15) is 12.1 Å². The molecule has 0 heterocycles. The molecule has 1 aromatic rings. The van der Waals surface area contributed by atoms with Crippen LogP contribution in [-0.4, -0.2) is 59.4 Å². The van der Waals surface area contributed by atoms with Crippen molar-refractivity contribution in [1.29, 1.82) is 0 Å². The van der Waals surface area contributed by atoms with E-state index in [0.717, 1.165) is 5.56 Å². The van der Waals surface area contributed by atoms with Crippen LogP contribution in [0, 0.1) is 5.92 Å². The molecule has 4 unspecified atom stereocenters. The number of nitrogens with one attached hydrogen (secondary N) is 3. The van der Waals surface area contributed by atoms with Gasteiger partial charge in [-0.2, -0.15) is 0 Å². The van der Waals surface area contributed by atoms with E-state index in [9.17, 15) is 29.1 Å². The van der Waals surface area contributed by atoms with Crippen LogP contribution in [0.25, 0.3) is 0 Å². The predicted octanol–water partition coefficient (Wildman–Crippen LogP) is -1.35. The molecule has 1 aromatic carbocycles. The summed E-state index contributed by atoms with van der Waals surface area (Å²) in [5.74, 6) is -4.68. The smallest absolute Gasteiger partial charge is 0.326 e. The average Bonchev–Trinajstić information content (AvgIpc) is 2.74. The zero-order valence-electron chi connectivity index (χ0n) is 18.2. The first-order chi connectivity index (χ1) is 15.0. The summed E-state index contributed by atoms with van der Waals surface area (Å²) in [5, 5.41) is 16.3. The average molecular weight is 450 g/mol. The quantitative estimate of drug-likeness (QED) is 0.214. The van der Waals surface area contributed by atoms with Gasteiger partial charge >= 0.3 is 5.97 Å². The lowest BCUT2D eigenvalue weighted by Gasteiger charge is -2.24. The van der Waals surface area contributed by atoms with Gasteiger partial charge < -0.3 is 32.5 Å². The monoisotopic (exact) mass is 449 g/mol. The zero-order valence-corrected chi connectivity index (χ0v) is 18.2. The summed E-state index contributed by atoms with van der Waals surface area (Å²) in [6, 6.07) is 5.62. The highest BCUT2D eigenvalue weighted by molar-refractivity contribution is 5.95. The lowest BCUT2D eigenvalue weighted by Crippen LogP contribution is -2.55. The Morgan fingerprint density at radius 1 is 1.03 bits per heavy atom. The van der Waals surface area contributed by atoms with E-state index in [4.69, 9.17) is 11.5 Å². The summed E-state index contributed by atoms with van der Waals surface area (Å²) in [6.07, 6.45) is 0.221. The number of primary amides is 1. The molecular formula is C21H31N5O6. The molecule has 4 atom stereocenters. The zero-order chi connectivity index (χ0) is 24.3. The lowest BCUT2D eigenvalue weighted by molar-refractivity contribution is -0.143. The molecule has 0 aliphatic heterocycles. The van der Waals surface area contributed by atoms with Gasteiger partial charge in [-0.3, -0.25) is 19.2 Å². The summed E-state index contributed by atoms with van der Waals surface area (Å²) < 4.78 is 0. The van der Waals surface area contributed by atoms with E-state index in [1.807, 2.05) is 30.3 Å². The van der Waals surface area contributed by atoms with Crippen molar-refractivity contribution in [2.45, 2.75) is 51.2 Å². The van der Waals surface area contributed by atoms with Gasteiger partial charge in [-0.15, -0.1) is 0 Å². The summed E-state index contributed by atoms with van der Waals surface area (Å²) in [6.45, 7) is 2.92. The maximum Gasteiger partial charge on any atom is 0.326 e. The Morgan fingerprint density at radius 3 is 2.19 bits per heavy atom. The van der Waals surface area contributed by atoms with E-state index < -0.39 is 60.7 Å². The third-order valence-electron chi connectivity index (χ3n) is 4.89. The molecule has 0 fully saturated rings. The van der Waals surface area contributed by atoms with Crippen molar-refractivity contribution >= 4 is 29.6 Å². The molecule has 0 saturated heterocycles. The Bertz CT molecular complexity index is 816. The first-order valence-corrected chi connectivity index (χ1v) is 10.2. The number of aliphatic carboxylic acids is 1. The molecule has 11 heteroatoms. The molecule has 0 saturated carbocycles. The molecule has 8 N–H and O–H groups in total. The van der Waals surface area contributed by atoms with Crippen LogP contribution >= 0.6 is 0 Å². The van der Waals surface area contributed by atoms with Crippen molar-refractivity contribution in [2.75, 3.05) is 6.54 Å². The van der Waals surface area contributed by atoms with Crippen molar-refractivity contribution < 1.29 is 29.1 Å². The topological polar surface area (TPSA) is 194 Å². The van der Waals surface area contributed by atoms with Crippen LogP contribution in [0.3, 0.4) is 0 Å². The standard InChI is InChI=1S/C21H31N5O6/c1-3-12(2)18(21(31)32)26-20(30)15(10-16(23)27)25-17(28)11-24-19(29)14(22)9-13-7-5-4-6-8-13/h4-8,12,14-15,18H,3,9-11,22H2,1-2H3,(H2,23,27)(H,24,29)(H,25,28)(H,26,30)(H,31,32). The fraction of sp³-hybridized carbons (Fsp3) is 0.476. The molecule has 32 heavy (non-hydrogen) atoms. The predicted molar refractivity (Wildman–Crippen MR) is 116 cm³/mol. The fourth-order valence-corrected chi connectivity index (χ4v) is 2.85. The Kier molecular flexibility index (Phi) is 10.8. The second-order valence-electron chi connectivity index (χ2n) is 7.51. The van der Waals surface area contributed by atoms with E-state index in [-0.39, 0.29) is 12.3 Å². The largest absolute Gasteiger partial charge is 0.480 e. The summed E-state index contributed by atoms with van der Waals surface area (Å²) >= 11 is 0. The number of carboxylic acid groups (broad SMARTS) is 1. The molecule has 0 aliphatic rings. The molecule has 0 bridgehead atoms. The third kappa shape index (κ3) is 9.13. The molecule has 11 nitrogen and oxygen atoms in total. The Labute approximate surface area is 186 Å². The highest BCUT2D eigenvalue weighted by atomic mass is 16.4. The molecule has 176 valence electrons. The number of carboxylic acids is 1. The molecule has 4 amide bonds. The maximum absolute atomic E-state index is 12.5. The summed E-state index contributed by atoms with van der Waals surface area (Å²) in [4.78, 5) is 59.6. The van der Waals surface area contributed by atoms with Crippen LogP contribution in [0.5, 0.6) is 0 Å². The molecular weight excluding hydrogens is 418 g/mol. The highest BCUT2D eigenvalue weighted by Gasteiger charge is 2.30. The van der Waals surface area contributed by atoms with Crippen LogP contribution in [0.4, 0.5) is 0 Å². The number of nitrogens with two attached hydrogens (primary N) is 2. The van der Waals surface area contributed by atoms with Gasteiger partial charge in [-0.25, -0.2) is 4.79 Å². The van der Waals surface area contributed by atoms with E-state index in [2.05, 4.69) is 16.0 Å². The summed E-state index contributed by atoms with van der Waals surface area (Å²) in [5.41, 5.74) is 11.9. The van der Waals surface area contributed by atoms with Gasteiger partial charge in [0.15, 0.2) is 0 Å². The Morgan fingerprint density at radius 2 is 1.66 bits per heavy atom. The minimum Gasteiger partial charge on any atom is -0.480 e. The van der Waals surface area contributed by atoms with E-state index in [1.54, 1.807) is 13.8 Å². The number of hydrogen-bond donors (Lipinski definition) is 6. The fourth-order valence-electron chi connectivity index (χ4n) is 2.85. The van der Waals surface area contributed by atoms with Crippen molar-refractivity contribution in [3.05, 3.63) is 35.9 Å². The third-order valence-corrected chi connectivity index (χ3v) is 4.89. The van der Waals surface area contributed by atoms with Crippen LogP contribution in [0.15, 0.2) is 30.3 Å².